The Kier molecular flexibility index (Phi) is 15.5. The van der Waals surface area contributed by atoms with Gasteiger partial charge in [-0.25, -0.2) is 0 Å². The van der Waals surface area contributed by atoms with Crippen molar-refractivity contribution in [3.63, 3.8) is 0 Å². The minimum atomic E-state index is -0.0763. The van der Waals surface area contributed by atoms with Crippen LogP contribution in [0, 0.1) is 0 Å². The van der Waals surface area contributed by atoms with Crippen molar-refractivity contribution in [3.05, 3.63) is 89.7 Å². The van der Waals surface area contributed by atoms with Crippen LogP contribution >= 0.6 is 0 Å². The van der Waals surface area contributed by atoms with Gasteiger partial charge in [0.2, 0.25) is 0 Å². The second-order valence-corrected chi connectivity index (χ2v) is 13.3. The third kappa shape index (κ3) is 11.7. The summed E-state index contributed by atoms with van der Waals surface area (Å²) in [6, 6.07) is 22.4. The molecule has 0 N–H and O–H groups in total. The molecule has 0 spiro atoms. The Morgan fingerprint density at radius 2 is 1.34 bits per heavy atom. The molecule has 3 aromatic rings. The zero-order chi connectivity index (χ0) is 31.6. The molecule has 1 heterocycles. The summed E-state index contributed by atoms with van der Waals surface area (Å²) in [5.41, 5.74) is 3.82. The monoisotopic (exact) mass is 599 g/mol. The van der Waals surface area contributed by atoms with E-state index in [9.17, 15) is 4.79 Å². The molecule has 0 saturated heterocycles. The highest BCUT2D eigenvalue weighted by atomic mass is 16.5. The van der Waals surface area contributed by atoms with Crippen LogP contribution in [0.5, 0.6) is 5.75 Å². The van der Waals surface area contributed by atoms with E-state index in [1.54, 1.807) is 0 Å². The standard InChI is InChI=1S/C40H59N2O2/c1-6-8-9-10-11-12-13-14-15-16-17-23-31-44-38-28-27-34(32-36(38)40(3,4)5)33-42(35-24-19-18-20-25-35)39(43)37-26-21-22-30-41(37)29-7-2/h18-22,24-28,30,32H,6-17,23,29,31,33H2,1-5H3/q+1. The third-order valence-electron chi connectivity index (χ3n) is 8.39. The Morgan fingerprint density at radius 3 is 1.95 bits per heavy atom. The van der Waals surface area contributed by atoms with E-state index in [0.717, 1.165) is 43.0 Å². The van der Waals surface area contributed by atoms with Gasteiger partial charge in [-0.3, -0.25) is 9.69 Å². The molecule has 0 unspecified atom stereocenters. The van der Waals surface area contributed by atoms with Crippen molar-refractivity contribution in [2.24, 2.45) is 0 Å². The van der Waals surface area contributed by atoms with Gasteiger partial charge < -0.3 is 4.74 Å². The number of ether oxygens (including phenoxy) is 1. The molecule has 0 atom stereocenters. The number of amides is 1. The lowest BCUT2D eigenvalue weighted by Gasteiger charge is -2.26. The maximum Gasteiger partial charge on any atom is 0.323 e. The van der Waals surface area contributed by atoms with E-state index in [-0.39, 0.29) is 11.3 Å². The van der Waals surface area contributed by atoms with Crippen molar-refractivity contribution >= 4 is 11.6 Å². The largest absolute Gasteiger partial charge is 0.493 e. The molecule has 1 amide bonds. The number of rotatable bonds is 20. The van der Waals surface area contributed by atoms with Gasteiger partial charge in [0.1, 0.15) is 12.3 Å². The van der Waals surface area contributed by atoms with E-state index >= 15 is 0 Å². The summed E-state index contributed by atoms with van der Waals surface area (Å²) in [4.78, 5) is 15.9. The summed E-state index contributed by atoms with van der Waals surface area (Å²) < 4.78 is 8.44. The summed E-state index contributed by atoms with van der Waals surface area (Å²) in [6.45, 7) is 13.2. The predicted molar refractivity (Wildman–Crippen MR) is 186 cm³/mol. The first-order chi connectivity index (χ1) is 21.3. The molecule has 0 aliphatic heterocycles. The van der Waals surface area contributed by atoms with Crippen LogP contribution in [0.4, 0.5) is 5.69 Å². The Balaban J connectivity index is 1.60. The second kappa shape index (κ2) is 19.3. The summed E-state index contributed by atoms with van der Waals surface area (Å²) in [6.07, 6.45) is 19.1. The van der Waals surface area contributed by atoms with E-state index in [4.69, 9.17) is 4.74 Å². The highest BCUT2D eigenvalue weighted by Crippen LogP contribution is 2.33. The number of nitrogens with zero attached hydrogens (tertiary/aromatic N) is 2. The summed E-state index contributed by atoms with van der Waals surface area (Å²) in [7, 11) is 0. The first kappa shape index (κ1) is 35.3. The molecule has 0 saturated carbocycles. The topological polar surface area (TPSA) is 33.4 Å². The van der Waals surface area contributed by atoms with Crippen LogP contribution < -0.4 is 14.2 Å². The lowest BCUT2D eigenvalue weighted by atomic mass is 9.85. The van der Waals surface area contributed by atoms with Crippen LogP contribution in [0.25, 0.3) is 0 Å². The lowest BCUT2D eigenvalue weighted by Crippen LogP contribution is -2.45. The average Bonchev–Trinajstić information content (AvgIpc) is 3.02. The molecule has 0 aliphatic rings. The molecule has 4 heteroatoms. The maximum atomic E-state index is 14.0. The number of para-hydroxylation sites is 1. The normalized spacial score (nSPS) is 11.5. The highest BCUT2D eigenvalue weighted by Gasteiger charge is 2.27. The molecule has 3 rings (SSSR count). The van der Waals surface area contributed by atoms with Gasteiger partial charge in [0.15, 0.2) is 6.20 Å². The van der Waals surface area contributed by atoms with E-state index in [0.29, 0.717) is 12.2 Å². The number of aryl methyl sites for hydroxylation is 1. The molecule has 0 fully saturated rings. The molecular formula is C40H59N2O2+. The van der Waals surface area contributed by atoms with Crippen LogP contribution in [0.1, 0.15) is 140 Å². The first-order valence-electron chi connectivity index (χ1n) is 17.5. The second-order valence-electron chi connectivity index (χ2n) is 13.3. The SMILES string of the molecule is CCCCCCCCCCCCCCOc1ccc(CN(C(=O)c2cccc[n+]2CCC)c2ccccc2)cc1C(C)(C)C. The Bertz CT molecular complexity index is 1230. The number of pyridine rings is 1. The number of hydrogen-bond acceptors (Lipinski definition) is 2. The minimum Gasteiger partial charge on any atom is -0.493 e. The number of carbonyl (C=O) groups is 1. The molecule has 2 aromatic carbocycles. The van der Waals surface area contributed by atoms with Crippen LogP contribution in [0.3, 0.4) is 0 Å². The molecule has 0 bridgehead atoms. The molecule has 0 radical (unpaired) electrons. The van der Waals surface area contributed by atoms with Crippen molar-refractivity contribution in [1.82, 2.24) is 0 Å². The lowest BCUT2D eigenvalue weighted by molar-refractivity contribution is -0.698. The van der Waals surface area contributed by atoms with E-state index in [2.05, 4.69) is 57.4 Å². The number of hydrogen-bond donors (Lipinski definition) is 0. The molecular weight excluding hydrogens is 540 g/mol. The van der Waals surface area contributed by atoms with Gasteiger partial charge in [0.25, 0.3) is 5.69 Å². The van der Waals surface area contributed by atoms with Gasteiger partial charge >= 0.3 is 5.91 Å². The average molecular weight is 600 g/mol. The fraction of sp³-hybridized carbons (Fsp3) is 0.550. The minimum absolute atomic E-state index is 0.00913. The van der Waals surface area contributed by atoms with Gasteiger partial charge in [-0.15, -0.1) is 0 Å². The van der Waals surface area contributed by atoms with Crippen molar-refractivity contribution in [3.8, 4) is 5.75 Å². The molecule has 44 heavy (non-hydrogen) atoms. The van der Waals surface area contributed by atoms with Crippen molar-refractivity contribution in [2.75, 3.05) is 11.5 Å². The van der Waals surface area contributed by atoms with Gasteiger partial charge in [-0.1, -0.05) is 130 Å². The van der Waals surface area contributed by atoms with Gasteiger partial charge in [0, 0.05) is 24.2 Å². The third-order valence-corrected chi connectivity index (χ3v) is 8.39. The molecule has 1 aromatic heterocycles. The number of anilines is 1. The highest BCUT2D eigenvalue weighted by molar-refractivity contribution is 6.03. The summed E-state index contributed by atoms with van der Waals surface area (Å²) >= 11 is 0. The Hall–Kier alpha value is -3.14. The Labute approximate surface area is 268 Å². The van der Waals surface area contributed by atoms with Crippen LogP contribution in [0.2, 0.25) is 0 Å². The number of aromatic nitrogens is 1. The quantitative estimate of drug-likeness (QED) is 0.0956. The van der Waals surface area contributed by atoms with E-state index in [1.807, 2.05) is 59.6 Å². The zero-order valence-electron chi connectivity index (χ0n) is 28.5. The van der Waals surface area contributed by atoms with Crippen LogP contribution in [0.15, 0.2) is 72.9 Å². The molecule has 4 nitrogen and oxygen atoms in total. The summed E-state index contributed by atoms with van der Waals surface area (Å²) in [5, 5.41) is 0. The van der Waals surface area contributed by atoms with E-state index < -0.39 is 0 Å². The van der Waals surface area contributed by atoms with Gasteiger partial charge in [-0.05, 0) is 53.3 Å². The zero-order valence-corrected chi connectivity index (χ0v) is 28.5. The van der Waals surface area contributed by atoms with Crippen LogP contribution in [-0.2, 0) is 18.5 Å². The van der Waals surface area contributed by atoms with Crippen molar-refractivity contribution in [2.45, 2.75) is 137 Å². The van der Waals surface area contributed by atoms with Crippen molar-refractivity contribution < 1.29 is 14.1 Å². The number of carbonyl (C=O) groups excluding carboxylic acids is 1. The summed E-state index contributed by atoms with van der Waals surface area (Å²) in [5.74, 6) is 0.973. The first-order valence-corrected chi connectivity index (χ1v) is 17.5. The van der Waals surface area contributed by atoms with Gasteiger partial charge in [-0.2, -0.15) is 4.57 Å². The Morgan fingerprint density at radius 1 is 0.727 bits per heavy atom. The van der Waals surface area contributed by atoms with Crippen molar-refractivity contribution in [1.29, 1.82) is 0 Å². The van der Waals surface area contributed by atoms with E-state index in [1.165, 1.54) is 76.2 Å². The van der Waals surface area contributed by atoms with Gasteiger partial charge in [0.05, 0.1) is 13.2 Å². The maximum absolute atomic E-state index is 14.0. The fourth-order valence-corrected chi connectivity index (χ4v) is 5.83. The molecule has 240 valence electrons. The smallest absolute Gasteiger partial charge is 0.323 e. The van der Waals surface area contributed by atoms with Crippen LogP contribution in [-0.4, -0.2) is 12.5 Å². The fourth-order valence-electron chi connectivity index (χ4n) is 5.83. The number of unbranched alkanes of at least 4 members (excludes halogenated alkanes) is 11. The molecule has 0 aliphatic carbocycles. The predicted octanol–water partition coefficient (Wildman–Crippen LogP) is 10.6. The number of benzene rings is 2.